The van der Waals surface area contributed by atoms with Crippen molar-refractivity contribution in [1.82, 2.24) is 4.98 Å². The summed E-state index contributed by atoms with van der Waals surface area (Å²) in [6.45, 7) is 10.5. The highest BCUT2D eigenvalue weighted by molar-refractivity contribution is 7.16. The largest absolute Gasteiger partial charge is 0.496 e. The van der Waals surface area contributed by atoms with Crippen LogP contribution in [0.4, 0.5) is 5.13 Å². The summed E-state index contributed by atoms with van der Waals surface area (Å²) in [5, 5.41) is 3.53. The molecule has 0 saturated heterocycles. The smallest absolute Gasteiger partial charge is 0.257 e. The van der Waals surface area contributed by atoms with Crippen molar-refractivity contribution in [3.63, 3.8) is 0 Å². The van der Waals surface area contributed by atoms with Gasteiger partial charge in [-0.3, -0.25) is 10.1 Å². The molecular weight excluding hydrogens is 368 g/mol. The number of benzene rings is 2. The predicted molar refractivity (Wildman–Crippen MR) is 117 cm³/mol. The lowest BCUT2D eigenvalue weighted by atomic mass is 9.87. The van der Waals surface area contributed by atoms with E-state index in [0.717, 1.165) is 27.4 Å². The number of nitrogens with one attached hydrogen (secondary N) is 1. The zero-order chi connectivity index (χ0) is 20.5. The first-order valence-corrected chi connectivity index (χ1v) is 10.0. The number of aryl methyl sites for hydroxylation is 2. The van der Waals surface area contributed by atoms with Gasteiger partial charge in [0.2, 0.25) is 0 Å². The molecule has 28 heavy (non-hydrogen) atoms. The number of thiazole rings is 1. The van der Waals surface area contributed by atoms with Crippen LogP contribution >= 0.6 is 11.3 Å². The Morgan fingerprint density at radius 3 is 2.32 bits per heavy atom. The van der Waals surface area contributed by atoms with Gasteiger partial charge in [-0.05, 0) is 60.7 Å². The van der Waals surface area contributed by atoms with E-state index >= 15 is 0 Å². The lowest BCUT2D eigenvalue weighted by Crippen LogP contribution is -2.14. The molecule has 5 heteroatoms. The molecule has 3 rings (SSSR count). The van der Waals surface area contributed by atoms with Crippen LogP contribution in [-0.4, -0.2) is 18.0 Å². The van der Waals surface area contributed by atoms with Gasteiger partial charge in [-0.1, -0.05) is 32.9 Å². The Labute approximate surface area is 170 Å². The minimum absolute atomic E-state index is 0.0623. The first-order valence-electron chi connectivity index (χ1n) is 9.23. The van der Waals surface area contributed by atoms with Gasteiger partial charge in [0.1, 0.15) is 5.75 Å². The van der Waals surface area contributed by atoms with Crippen LogP contribution in [0.25, 0.3) is 11.3 Å². The lowest BCUT2D eigenvalue weighted by molar-refractivity contribution is 0.102. The molecule has 4 nitrogen and oxygen atoms in total. The summed E-state index contributed by atoms with van der Waals surface area (Å²) in [4.78, 5) is 18.3. The quantitative estimate of drug-likeness (QED) is 0.592. The van der Waals surface area contributed by atoms with Gasteiger partial charge in [0, 0.05) is 16.0 Å². The molecule has 0 aliphatic carbocycles. The third kappa shape index (κ3) is 4.25. The Morgan fingerprint density at radius 2 is 1.75 bits per heavy atom. The van der Waals surface area contributed by atoms with Crippen LogP contribution in [0.15, 0.2) is 42.5 Å². The Bertz CT molecular complexity index is 998. The zero-order valence-electron chi connectivity index (χ0n) is 17.2. The van der Waals surface area contributed by atoms with E-state index in [0.29, 0.717) is 10.7 Å². The van der Waals surface area contributed by atoms with Crippen LogP contribution in [0.5, 0.6) is 5.75 Å². The van der Waals surface area contributed by atoms with Gasteiger partial charge in [-0.15, -0.1) is 11.3 Å². The fourth-order valence-corrected chi connectivity index (χ4v) is 3.87. The first-order chi connectivity index (χ1) is 13.2. The Kier molecular flexibility index (Phi) is 5.57. The molecule has 1 heterocycles. The standard InChI is InChI=1S/C23H26N2O2S/c1-14-13-17(9-12-19(14)27-6)20-15(2)28-22(24-20)25-21(26)16-7-10-18(11-8-16)23(3,4)5/h7-13H,1-6H3,(H,24,25,26). The highest BCUT2D eigenvalue weighted by atomic mass is 32.1. The van der Waals surface area contributed by atoms with Gasteiger partial charge >= 0.3 is 0 Å². The molecular formula is C23H26N2O2S. The second kappa shape index (κ2) is 7.76. The van der Waals surface area contributed by atoms with Crippen LogP contribution in [0.2, 0.25) is 0 Å². The van der Waals surface area contributed by atoms with Gasteiger partial charge in [0.25, 0.3) is 5.91 Å². The van der Waals surface area contributed by atoms with Crippen LogP contribution in [0.1, 0.15) is 47.1 Å². The van der Waals surface area contributed by atoms with Crippen LogP contribution in [0.3, 0.4) is 0 Å². The van der Waals surface area contributed by atoms with Gasteiger partial charge in [-0.2, -0.15) is 0 Å². The molecule has 0 radical (unpaired) electrons. The Balaban J connectivity index is 1.79. The van der Waals surface area contributed by atoms with E-state index in [1.165, 1.54) is 16.9 Å². The molecule has 1 amide bonds. The molecule has 146 valence electrons. The highest BCUT2D eigenvalue weighted by Gasteiger charge is 2.16. The van der Waals surface area contributed by atoms with Crippen molar-refractivity contribution in [2.75, 3.05) is 12.4 Å². The second-order valence-corrected chi connectivity index (χ2v) is 9.09. The monoisotopic (exact) mass is 394 g/mol. The minimum Gasteiger partial charge on any atom is -0.496 e. The minimum atomic E-state index is -0.147. The summed E-state index contributed by atoms with van der Waals surface area (Å²) in [5.41, 5.74) is 4.84. The third-order valence-electron chi connectivity index (χ3n) is 4.70. The van der Waals surface area contributed by atoms with Gasteiger partial charge in [-0.25, -0.2) is 4.98 Å². The number of anilines is 1. The number of ether oxygens (including phenoxy) is 1. The molecule has 0 aliphatic rings. The molecule has 0 aliphatic heterocycles. The molecule has 2 aromatic carbocycles. The maximum atomic E-state index is 12.6. The number of carbonyl (C=O) groups is 1. The van der Waals surface area contributed by atoms with E-state index in [1.54, 1.807) is 7.11 Å². The average molecular weight is 395 g/mol. The molecule has 1 N–H and O–H groups in total. The van der Waals surface area contributed by atoms with E-state index in [4.69, 9.17) is 4.74 Å². The molecule has 0 bridgehead atoms. The fourth-order valence-electron chi connectivity index (χ4n) is 3.03. The predicted octanol–water partition coefficient (Wildman–Crippen LogP) is 5.99. The number of hydrogen-bond acceptors (Lipinski definition) is 4. The molecule has 1 aromatic heterocycles. The van der Waals surface area contributed by atoms with E-state index in [-0.39, 0.29) is 11.3 Å². The van der Waals surface area contributed by atoms with Gasteiger partial charge < -0.3 is 4.74 Å². The highest BCUT2D eigenvalue weighted by Crippen LogP contribution is 2.33. The average Bonchev–Trinajstić information content (AvgIpc) is 3.01. The number of rotatable bonds is 4. The van der Waals surface area contributed by atoms with Crippen molar-refractivity contribution >= 4 is 22.4 Å². The Hall–Kier alpha value is -2.66. The van der Waals surface area contributed by atoms with Gasteiger partial charge in [0.05, 0.1) is 12.8 Å². The van der Waals surface area contributed by atoms with E-state index in [2.05, 4.69) is 37.1 Å². The third-order valence-corrected chi connectivity index (χ3v) is 5.58. The van der Waals surface area contributed by atoms with Crippen LogP contribution in [0, 0.1) is 13.8 Å². The number of carbonyl (C=O) groups excluding carboxylic acids is 1. The summed E-state index contributed by atoms with van der Waals surface area (Å²) in [5.74, 6) is 0.704. The Morgan fingerprint density at radius 1 is 1.07 bits per heavy atom. The maximum Gasteiger partial charge on any atom is 0.257 e. The molecule has 0 saturated carbocycles. The topological polar surface area (TPSA) is 51.2 Å². The van der Waals surface area contributed by atoms with Crippen molar-refractivity contribution in [3.05, 3.63) is 64.0 Å². The lowest BCUT2D eigenvalue weighted by Gasteiger charge is -2.18. The number of aromatic nitrogens is 1. The fraction of sp³-hybridized carbons (Fsp3) is 0.304. The van der Waals surface area contributed by atoms with Crippen molar-refractivity contribution in [3.8, 4) is 17.0 Å². The molecule has 0 atom stereocenters. The van der Waals surface area contributed by atoms with E-state index < -0.39 is 0 Å². The number of hydrogen-bond donors (Lipinski definition) is 1. The second-order valence-electron chi connectivity index (χ2n) is 7.89. The SMILES string of the molecule is COc1ccc(-c2nc(NC(=O)c3ccc(C(C)(C)C)cc3)sc2C)cc1C. The summed E-state index contributed by atoms with van der Waals surface area (Å²) >= 11 is 1.48. The summed E-state index contributed by atoms with van der Waals surface area (Å²) < 4.78 is 5.33. The molecule has 0 unspecified atom stereocenters. The number of methoxy groups -OCH3 is 1. The number of nitrogens with zero attached hydrogens (tertiary/aromatic N) is 1. The van der Waals surface area contributed by atoms with Crippen molar-refractivity contribution < 1.29 is 9.53 Å². The molecule has 0 spiro atoms. The van der Waals surface area contributed by atoms with Crippen molar-refractivity contribution in [1.29, 1.82) is 0 Å². The van der Waals surface area contributed by atoms with Gasteiger partial charge in [0.15, 0.2) is 5.13 Å². The molecule has 0 fully saturated rings. The first kappa shape index (κ1) is 20.1. The van der Waals surface area contributed by atoms with E-state index in [9.17, 15) is 4.79 Å². The normalized spacial score (nSPS) is 11.4. The summed E-state index contributed by atoms with van der Waals surface area (Å²) in [7, 11) is 1.66. The van der Waals surface area contributed by atoms with Crippen molar-refractivity contribution in [2.24, 2.45) is 0 Å². The van der Waals surface area contributed by atoms with Crippen LogP contribution in [-0.2, 0) is 5.41 Å². The molecule has 3 aromatic rings. The zero-order valence-corrected chi connectivity index (χ0v) is 18.0. The maximum absolute atomic E-state index is 12.6. The van der Waals surface area contributed by atoms with Crippen LogP contribution < -0.4 is 10.1 Å². The summed E-state index contributed by atoms with van der Waals surface area (Å²) in [6.07, 6.45) is 0. The summed E-state index contributed by atoms with van der Waals surface area (Å²) in [6, 6.07) is 13.7. The van der Waals surface area contributed by atoms with Crippen molar-refractivity contribution in [2.45, 2.75) is 40.0 Å². The number of amides is 1. The van der Waals surface area contributed by atoms with E-state index in [1.807, 2.05) is 50.2 Å².